The van der Waals surface area contributed by atoms with Gasteiger partial charge in [-0.2, -0.15) is 5.10 Å². The van der Waals surface area contributed by atoms with Gasteiger partial charge in [0.2, 0.25) is 0 Å². The monoisotopic (exact) mass is 284 g/mol. The molecule has 0 bridgehead atoms. The number of aliphatic hydroxyl groups excluding tert-OH is 1. The van der Waals surface area contributed by atoms with E-state index in [1.165, 1.54) is 0 Å². The van der Waals surface area contributed by atoms with Crippen LogP contribution in [0.1, 0.15) is 29.4 Å². The Morgan fingerprint density at radius 1 is 1.33 bits per heavy atom. The predicted octanol–water partition coefficient (Wildman–Crippen LogP) is 2.21. The number of nitrogens with zero attached hydrogens (tertiary/aromatic N) is 2. The molecule has 1 aromatic carbocycles. The van der Waals surface area contributed by atoms with Crippen molar-refractivity contribution in [3.8, 4) is 17.6 Å². The smallest absolute Gasteiger partial charge is 0.130 e. The molecule has 0 fully saturated rings. The van der Waals surface area contributed by atoms with Crippen LogP contribution >= 0.6 is 0 Å². The van der Waals surface area contributed by atoms with Gasteiger partial charge in [0.15, 0.2) is 0 Å². The molecule has 2 aromatic rings. The number of aliphatic hydroxyl groups is 1. The maximum atomic E-state index is 8.70. The van der Waals surface area contributed by atoms with E-state index in [1.54, 1.807) is 0 Å². The summed E-state index contributed by atoms with van der Waals surface area (Å²) < 4.78 is 7.72. The quantitative estimate of drug-likeness (QED) is 0.876. The first kappa shape index (κ1) is 15.1. The van der Waals surface area contributed by atoms with E-state index in [0.29, 0.717) is 6.61 Å². The third-order valence-electron chi connectivity index (χ3n) is 3.25. The van der Waals surface area contributed by atoms with Crippen molar-refractivity contribution < 1.29 is 9.84 Å². The first-order valence-electron chi connectivity index (χ1n) is 6.99. The Kier molecular flexibility index (Phi) is 5.02. The maximum absolute atomic E-state index is 8.70. The van der Waals surface area contributed by atoms with Crippen LogP contribution in [0.2, 0.25) is 0 Å². The van der Waals surface area contributed by atoms with E-state index >= 15 is 0 Å². The van der Waals surface area contributed by atoms with Crippen LogP contribution in [0.3, 0.4) is 0 Å². The summed E-state index contributed by atoms with van der Waals surface area (Å²) in [6.45, 7) is 4.44. The summed E-state index contributed by atoms with van der Waals surface area (Å²) in [5.74, 6) is 6.36. The molecule has 0 unspecified atom stereocenters. The van der Waals surface area contributed by atoms with Crippen LogP contribution < -0.4 is 4.74 Å². The van der Waals surface area contributed by atoms with Gasteiger partial charge in [-0.1, -0.05) is 18.8 Å². The van der Waals surface area contributed by atoms with Crippen LogP contribution in [0.25, 0.3) is 0 Å². The minimum absolute atomic E-state index is 0.127. The molecule has 0 amide bonds. The second-order valence-corrected chi connectivity index (χ2v) is 4.83. The molecule has 0 spiro atoms. The molecule has 0 aliphatic carbocycles. The standard InChI is InChI=1S/C17H20N2O2/c1-4-15-11-16(19(3)18-15)12-21-17-8-7-14(6-5-9-20)10-13(17)2/h7-8,10-11,20H,4,9,12H2,1-3H3. The molecule has 2 rings (SSSR count). The molecule has 21 heavy (non-hydrogen) atoms. The summed E-state index contributed by atoms with van der Waals surface area (Å²) in [5.41, 5.74) is 4.03. The number of ether oxygens (including phenoxy) is 1. The first-order chi connectivity index (χ1) is 10.1. The van der Waals surface area contributed by atoms with E-state index < -0.39 is 0 Å². The van der Waals surface area contributed by atoms with Gasteiger partial charge in [-0.05, 0) is 43.2 Å². The Balaban J connectivity index is 2.07. The number of hydrogen-bond donors (Lipinski definition) is 1. The van der Waals surface area contributed by atoms with Gasteiger partial charge >= 0.3 is 0 Å². The number of benzene rings is 1. The Bertz CT molecular complexity index is 678. The Labute approximate surface area is 125 Å². The molecule has 4 heteroatoms. The van der Waals surface area contributed by atoms with Gasteiger partial charge in [0.25, 0.3) is 0 Å². The Hall–Kier alpha value is -2.25. The lowest BCUT2D eigenvalue weighted by Gasteiger charge is -2.09. The molecule has 0 saturated carbocycles. The molecule has 0 aliphatic rings. The van der Waals surface area contributed by atoms with Gasteiger partial charge in [-0.3, -0.25) is 4.68 Å². The van der Waals surface area contributed by atoms with Crippen LogP contribution in [0.4, 0.5) is 0 Å². The highest BCUT2D eigenvalue weighted by atomic mass is 16.5. The molecule has 0 radical (unpaired) electrons. The van der Waals surface area contributed by atoms with Crippen LogP contribution in [0.15, 0.2) is 24.3 Å². The van der Waals surface area contributed by atoms with Crippen molar-refractivity contribution in [2.75, 3.05) is 6.61 Å². The fourth-order valence-electron chi connectivity index (χ4n) is 2.06. The number of aromatic nitrogens is 2. The average Bonchev–Trinajstić information content (AvgIpc) is 2.84. The van der Waals surface area contributed by atoms with Crippen molar-refractivity contribution in [1.29, 1.82) is 0 Å². The largest absolute Gasteiger partial charge is 0.487 e. The van der Waals surface area contributed by atoms with Gasteiger partial charge in [-0.15, -0.1) is 0 Å². The van der Waals surface area contributed by atoms with Crippen LogP contribution in [0.5, 0.6) is 5.75 Å². The molecule has 110 valence electrons. The summed E-state index contributed by atoms with van der Waals surface area (Å²) in [5, 5.41) is 13.1. The van der Waals surface area contributed by atoms with Crippen molar-refractivity contribution in [2.45, 2.75) is 26.9 Å². The van der Waals surface area contributed by atoms with Gasteiger partial charge in [0.1, 0.15) is 19.0 Å². The number of aryl methyl sites for hydroxylation is 3. The SMILES string of the molecule is CCc1cc(COc2ccc(C#CCO)cc2C)n(C)n1. The highest BCUT2D eigenvalue weighted by molar-refractivity contribution is 5.43. The Morgan fingerprint density at radius 3 is 2.76 bits per heavy atom. The van der Waals surface area contributed by atoms with Gasteiger partial charge in [0.05, 0.1) is 11.4 Å². The Morgan fingerprint density at radius 2 is 2.14 bits per heavy atom. The molecule has 1 heterocycles. The highest BCUT2D eigenvalue weighted by Crippen LogP contribution is 2.20. The van der Waals surface area contributed by atoms with Gasteiger partial charge in [-0.25, -0.2) is 0 Å². The lowest BCUT2D eigenvalue weighted by molar-refractivity contribution is 0.293. The second kappa shape index (κ2) is 6.96. The first-order valence-corrected chi connectivity index (χ1v) is 6.99. The summed E-state index contributed by atoms with van der Waals surface area (Å²) in [7, 11) is 1.93. The molecule has 0 atom stereocenters. The zero-order valence-electron chi connectivity index (χ0n) is 12.7. The normalized spacial score (nSPS) is 10.1. The van der Waals surface area contributed by atoms with Crippen molar-refractivity contribution in [2.24, 2.45) is 7.05 Å². The molecule has 0 aliphatic heterocycles. The van der Waals surface area contributed by atoms with E-state index in [2.05, 4.69) is 29.9 Å². The zero-order valence-corrected chi connectivity index (χ0v) is 12.7. The summed E-state index contributed by atoms with van der Waals surface area (Å²) in [4.78, 5) is 0. The van der Waals surface area contributed by atoms with Gasteiger partial charge < -0.3 is 9.84 Å². The fourth-order valence-corrected chi connectivity index (χ4v) is 2.06. The van der Waals surface area contributed by atoms with E-state index in [9.17, 15) is 0 Å². The zero-order chi connectivity index (χ0) is 15.2. The van der Waals surface area contributed by atoms with Crippen molar-refractivity contribution in [3.05, 3.63) is 46.8 Å². The molecule has 1 aromatic heterocycles. The second-order valence-electron chi connectivity index (χ2n) is 4.83. The van der Waals surface area contributed by atoms with Crippen LogP contribution in [-0.4, -0.2) is 21.5 Å². The molecule has 0 saturated heterocycles. The summed E-state index contributed by atoms with van der Waals surface area (Å²) in [6.07, 6.45) is 0.922. The molecular formula is C17H20N2O2. The summed E-state index contributed by atoms with van der Waals surface area (Å²) >= 11 is 0. The minimum atomic E-state index is -0.127. The van der Waals surface area contributed by atoms with E-state index in [1.807, 2.05) is 36.9 Å². The topological polar surface area (TPSA) is 47.3 Å². The molecular weight excluding hydrogens is 264 g/mol. The lowest BCUT2D eigenvalue weighted by Crippen LogP contribution is -2.03. The van der Waals surface area contributed by atoms with Crippen LogP contribution in [-0.2, 0) is 20.1 Å². The van der Waals surface area contributed by atoms with Crippen LogP contribution in [0, 0.1) is 18.8 Å². The van der Waals surface area contributed by atoms with E-state index in [4.69, 9.17) is 9.84 Å². The minimum Gasteiger partial charge on any atom is -0.487 e. The van der Waals surface area contributed by atoms with Crippen molar-refractivity contribution in [1.82, 2.24) is 9.78 Å². The highest BCUT2D eigenvalue weighted by Gasteiger charge is 2.06. The number of rotatable bonds is 4. The molecule has 1 N–H and O–H groups in total. The average molecular weight is 284 g/mol. The third kappa shape index (κ3) is 3.87. The predicted molar refractivity (Wildman–Crippen MR) is 82.1 cm³/mol. The molecule has 4 nitrogen and oxygen atoms in total. The number of hydrogen-bond acceptors (Lipinski definition) is 3. The van der Waals surface area contributed by atoms with E-state index in [0.717, 1.165) is 34.7 Å². The maximum Gasteiger partial charge on any atom is 0.130 e. The lowest BCUT2D eigenvalue weighted by atomic mass is 10.1. The third-order valence-corrected chi connectivity index (χ3v) is 3.25. The van der Waals surface area contributed by atoms with E-state index in [-0.39, 0.29) is 6.61 Å². The van der Waals surface area contributed by atoms with Gasteiger partial charge in [0, 0.05) is 12.6 Å². The van der Waals surface area contributed by atoms with Crippen molar-refractivity contribution in [3.63, 3.8) is 0 Å². The summed E-state index contributed by atoms with van der Waals surface area (Å²) in [6, 6.07) is 7.83. The fraction of sp³-hybridized carbons (Fsp3) is 0.353. The van der Waals surface area contributed by atoms with Crippen molar-refractivity contribution >= 4 is 0 Å².